The zero-order valence-corrected chi connectivity index (χ0v) is 15.2. The predicted octanol–water partition coefficient (Wildman–Crippen LogP) is 3.50. The topological polar surface area (TPSA) is 96.5 Å². The molecule has 0 aliphatic carbocycles. The lowest BCUT2D eigenvalue weighted by atomic mass is 10.0. The number of nitriles is 1. The van der Waals surface area contributed by atoms with Crippen molar-refractivity contribution in [1.29, 1.82) is 5.26 Å². The van der Waals surface area contributed by atoms with Gasteiger partial charge in [-0.2, -0.15) is 41.4 Å². The van der Waals surface area contributed by atoms with Crippen LogP contribution in [0, 0.1) is 11.3 Å². The third-order valence-corrected chi connectivity index (χ3v) is 3.95. The summed E-state index contributed by atoms with van der Waals surface area (Å²) >= 11 is 0. The molecule has 13 heteroatoms. The first kappa shape index (κ1) is 21.8. The van der Waals surface area contributed by atoms with Crippen LogP contribution in [-0.2, 0) is 18.9 Å². The molecule has 1 amide bonds. The lowest BCUT2D eigenvalue weighted by Crippen LogP contribution is -2.27. The van der Waals surface area contributed by atoms with E-state index < -0.39 is 41.5 Å². The van der Waals surface area contributed by atoms with E-state index in [0.717, 1.165) is 11.0 Å². The predicted molar refractivity (Wildman–Crippen MR) is 91.5 cm³/mol. The van der Waals surface area contributed by atoms with Gasteiger partial charge in [-0.05, 0) is 35.9 Å². The van der Waals surface area contributed by atoms with Crippen LogP contribution in [0.5, 0.6) is 0 Å². The molecule has 2 heterocycles. The molecular weight excluding hydrogens is 430 g/mol. The number of amides is 1. The minimum absolute atomic E-state index is 0.00147. The highest BCUT2D eigenvalue weighted by atomic mass is 19.4. The summed E-state index contributed by atoms with van der Waals surface area (Å²) in [5.41, 5.74) is -3.13. The molecular formula is C18H10F6N6O. The van der Waals surface area contributed by atoms with Crippen LogP contribution in [0.1, 0.15) is 32.9 Å². The van der Waals surface area contributed by atoms with E-state index in [9.17, 15) is 31.1 Å². The Morgan fingerprint density at radius 3 is 2.19 bits per heavy atom. The molecule has 1 aromatic carbocycles. The van der Waals surface area contributed by atoms with Gasteiger partial charge in [0.2, 0.25) is 5.82 Å². The molecule has 0 unspecified atom stereocenters. The Labute approximate surface area is 170 Å². The fraction of sp³-hybridized carbons (Fsp3) is 0.167. The van der Waals surface area contributed by atoms with Crippen LogP contribution >= 0.6 is 0 Å². The second-order valence-corrected chi connectivity index (χ2v) is 6.11. The van der Waals surface area contributed by atoms with Gasteiger partial charge in [0.15, 0.2) is 5.82 Å². The average Bonchev–Trinajstić information content (AvgIpc) is 3.20. The summed E-state index contributed by atoms with van der Waals surface area (Å²) in [6.45, 7) is -0.626. The minimum atomic E-state index is -5.00. The van der Waals surface area contributed by atoms with Gasteiger partial charge in [-0.3, -0.25) is 4.79 Å². The van der Waals surface area contributed by atoms with E-state index in [1.807, 2.05) is 6.07 Å². The van der Waals surface area contributed by atoms with Crippen molar-refractivity contribution in [2.24, 2.45) is 0 Å². The Morgan fingerprint density at radius 1 is 1.03 bits per heavy atom. The standard InChI is InChI=1S/C18H10F6N6O/c19-17(20,21)12-3-11(4-13(5-12)18(22,23)24)8-27-16(31)15-28-9-29-30(15)14-2-1-10(6-25)7-26-14/h1-5,7,9H,8H2,(H,27,31). The number of benzene rings is 1. The van der Waals surface area contributed by atoms with Crippen molar-refractivity contribution < 1.29 is 31.1 Å². The van der Waals surface area contributed by atoms with Crippen LogP contribution in [0.25, 0.3) is 5.82 Å². The number of halogens is 6. The van der Waals surface area contributed by atoms with E-state index in [2.05, 4.69) is 20.4 Å². The summed E-state index contributed by atoms with van der Waals surface area (Å²) in [5, 5.41) is 14.8. The van der Waals surface area contributed by atoms with Gasteiger partial charge in [0.25, 0.3) is 5.91 Å². The molecule has 3 aromatic rings. The quantitative estimate of drug-likeness (QED) is 0.627. The lowest BCUT2D eigenvalue weighted by molar-refractivity contribution is -0.143. The van der Waals surface area contributed by atoms with Gasteiger partial charge in [0.1, 0.15) is 12.4 Å². The van der Waals surface area contributed by atoms with Crippen molar-refractivity contribution in [2.45, 2.75) is 18.9 Å². The maximum Gasteiger partial charge on any atom is 0.416 e. The molecule has 0 fully saturated rings. The molecule has 0 bridgehead atoms. The first-order valence-electron chi connectivity index (χ1n) is 8.32. The van der Waals surface area contributed by atoms with Crippen LogP contribution < -0.4 is 5.32 Å². The van der Waals surface area contributed by atoms with E-state index >= 15 is 0 Å². The smallest absolute Gasteiger partial charge is 0.345 e. The number of hydrogen-bond donors (Lipinski definition) is 1. The van der Waals surface area contributed by atoms with Gasteiger partial charge in [-0.15, -0.1) is 0 Å². The number of carbonyl (C=O) groups is 1. The Bertz CT molecular complexity index is 1110. The molecule has 2 aromatic heterocycles. The van der Waals surface area contributed by atoms with Crippen molar-refractivity contribution in [1.82, 2.24) is 25.1 Å². The van der Waals surface area contributed by atoms with E-state index in [0.29, 0.717) is 12.1 Å². The molecule has 0 spiro atoms. The van der Waals surface area contributed by atoms with E-state index in [-0.39, 0.29) is 23.3 Å². The maximum absolute atomic E-state index is 12.9. The summed E-state index contributed by atoms with van der Waals surface area (Å²) in [4.78, 5) is 20.1. The van der Waals surface area contributed by atoms with E-state index in [1.165, 1.54) is 18.3 Å². The third kappa shape index (κ3) is 4.97. The first-order valence-corrected chi connectivity index (χ1v) is 8.32. The number of pyridine rings is 1. The third-order valence-electron chi connectivity index (χ3n) is 3.95. The van der Waals surface area contributed by atoms with Crippen molar-refractivity contribution >= 4 is 5.91 Å². The van der Waals surface area contributed by atoms with Crippen LogP contribution in [-0.4, -0.2) is 25.7 Å². The SMILES string of the molecule is N#Cc1ccc(-n2ncnc2C(=O)NCc2cc(C(F)(F)F)cc(C(F)(F)F)c2)nc1. The number of nitrogens with one attached hydrogen (secondary N) is 1. The zero-order valence-electron chi connectivity index (χ0n) is 15.2. The molecule has 0 saturated heterocycles. The minimum Gasteiger partial charge on any atom is -0.345 e. The molecule has 0 saturated carbocycles. The molecule has 0 aliphatic rings. The number of nitrogens with zero attached hydrogens (tertiary/aromatic N) is 5. The molecule has 31 heavy (non-hydrogen) atoms. The Balaban J connectivity index is 1.83. The Morgan fingerprint density at radius 2 is 1.68 bits per heavy atom. The number of aromatic nitrogens is 4. The highest BCUT2D eigenvalue weighted by Crippen LogP contribution is 2.36. The first-order chi connectivity index (χ1) is 14.5. The lowest BCUT2D eigenvalue weighted by Gasteiger charge is -2.14. The fourth-order valence-corrected chi connectivity index (χ4v) is 2.52. The van der Waals surface area contributed by atoms with Crippen molar-refractivity contribution in [3.63, 3.8) is 0 Å². The molecule has 3 rings (SSSR count). The summed E-state index contributed by atoms with van der Waals surface area (Å²) in [6.07, 6.45) is -7.76. The molecule has 160 valence electrons. The summed E-state index contributed by atoms with van der Waals surface area (Å²) in [5.74, 6) is -1.09. The van der Waals surface area contributed by atoms with Gasteiger partial charge >= 0.3 is 12.4 Å². The van der Waals surface area contributed by atoms with Crippen LogP contribution in [0.4, 0.5) is 26.3 Å². The molecule has 0 aliphatic heterocycles. The molecule has 0 atom stereocenters. The number of hydrogen-bond acceptors (Lipinski definition) is 5. The van der Waals surface area contributed by atoms with E-state index in [4.69, 9.17) is 5.26 Å². The molecule has 7 nitrogen and oxygen atoms in total. The van der Waals surface area contributed by atoms with Crippen LogP contribution in [0.3, 0.4) is 0 Å². The zero-order chi connectivity index (χ0) is 22.8. The van der Waals surface area contributed by atoms with Gasteiger partial charge in [-0.1, -0.05) is 0 Å². The number of carbonyl (C=O) groups excluding carboxylic acids is 1. The fourth-order valence-electron chi connectivity index (χ4n) is 2.52. The van der Waals surface area contributed by atoms with Gasteiger partial charge < -0.3 is 5.32 Å². The second-order valence-electron chi connectivity index (χ2n) is 6.11. The second kappa shape index (κ2) is 8.05. The Kier molecular flexibility index (Phi) is 5.65. The van der Waals surface area contributed by atoms with Gasteiger partial charge in [0.05, 0.1) is 16.7 Å². The normalized spacial score (nSPS) is 11.8. The summed E-state index contributed by atoms with van der Waals surface area (Å²) in [7, 11) is 0. The summed E-state index contributed by atoms with van der Waals surface area (Å²) in [6, 6.07) is 5.68. The molecule has 0 radical (unpaired) electrons. The maximum atomic E-state index is 12.9. The highest BCUT2D eigenvalue weighted by Gasteiger charge is 2.36. The van der Waals surface area contributed by atoms with Gasteiger partial charge in [0, 0.05) is 12.7 Å². The van der Waals surface area contributed by atoms with E-state index in [1.54, 1.807) is 0 Å². The van der Waals surface area contributed by atoms with Crippen molar-refractivity contribution in [3.8, 4) is 11.9 Å². The van der Waals surface area contributed by atoms with Crippen molar-refractivity contribution in [3.05, 3.63) is 70.9 Å². The number of alkyl halides is 6. The summed E-state index contributed by atoms with van der Waals surface area (Å²) < 4.78 is 78.7. The number of rotatable bonds is 4. The average molecular weight is 440 g/mol. The van der Waals surface area contributed by atoms with Crippen LogP contribution in [0.2, 0.25) is 0 Å². The van der Waals surface area contributed by atoms with Gasteiger partial charge in [-0.25, -0.2) is 9.97 Å². The van der Waals surface area contributed by atoms with Crippen molar-refractivity contribution in [2.75, 3.05) is 0 Å². The molecule has 1 N–H and O–H groups in total. The highest BCUT2D eigenvalue weighted by molar-refractivity contribution is 5.91. The van der Waals surface area contributed by atoms with Crippen LogP contribution in [0.15, 0.2) is 42.9 Å². The Hall–Kier alpha value is -3.95. The largest absolute Gasteiger partial charge is 0.416 e. The monoisotopic (exact) mass is 440 g/mol.